The fourth-order valence-electron chi connectivity index (χ4n) is 4.13. The van der Waals surface area contributed by atoms with Crippen LogP contribution in [0.5, 0.6) is 5.75 Å². The molecular formula is C29H21F4NO. The maximum atomic E-state index is 15.1. The Labute approximate surface area is 200 Å². The van der Waals surface area contributed by atoms with Gasteiger partial charge in [-0.25, -0.2) is 9.37 Å². The summed E-state index contributed by atoms with van der Waals surface area (Å²) in [6.07, 6.45) is 3.56. The zero-order valence-electron chi connectivity index (χ0n) is 18.9. The number of fused-ring (bicyclic) bond motifs is 1. The van der Waals surface area contributed by atoms with Crippen molar-refractivity contribution >= 4 is 10.9 Å². The number of pyridine rings is 1. The summed E-state index contributed by atoms with van der Waals surface area (Å²) in [4.78, 5) is 4.48. The number of hydrogen-bond donors (Lipinski definition) is 0. The summed E-state index contributed by atoms with van der Waals surface area (Å²) in [5.74, 6) is 1.06. The van der Waals surface area contributed by atoms with Crippen LogP contribution < -0.4 is 4.74 Å². The first-order valence-electron chi connectivity index (χ1n) is 11.2. The molecule has 0 fully saturated rings. The molecule has 0 amide bonds. The van der Waals surface area contributed by atoms with Gasteiger partial charge in [-0.05, 0) is 85.5 Å². The van der Waals surface area contributed by atoms with E-state index in [9.17, 15) is 13.2 Å². The molecule has 1 aliphatic rings. The Morgan fingerprint density at radius 1 is 0.857 bits per heavy atom. The average molecular weight is 475 g/mol. The minimum absolute atomic E-state index is 0.416. The van der Waals surface area contributed by atoms with Crippen LogP contribution in [0, 0.1) is 12.7 Å². The van der Waals surface area contributed by atoms with Crippen molar-refractivity contribution in [2.45, 2.75) is 25.9 Å². The summed E-state index contributed by atoms with van der Waals surface area (Å²) in [7, 11) is 0. The molecule has 0 saturated carbocycles. The SMILES string of the molecule is Cc1cc(-c2ccc(-c3ccc(OC4=CCCC=C4)cc3)c(F)c2)nc2ccc(C(F)(F)F)cc12. The van der Waals surface area contributed by atoms with Gasteiger partial charge in [0.25, 0.3) is 0 Å². The molecule has 0 saturated heterocycles. The number of benzene rings is 3. The van der Waals surface area contributed by atoms with Crippen molar-refractivity contribution in [3.63, 3.8) is 0 Å². The van der Waals surface area contributed by atoms with Gasteiger partial charge in [-0.1, -0.05) is 30.3 Å². The van der Waals surface area contributed by atoms with Crippen LogP contribution in [-0.2, 0) is 6.18 Å². The third-order valence-corrected chi connectivity index (χ3v) is 5.97. The van der Waals surface area contributed by atoms with Gasteiger partial charge >= 0.3 is 6.18 Å². The van der Waals surface area contributed by atoms with Crippen LogP contribution in [0.25, 0.3) is 33.3 Å². The van der Waals surface area contributed by atoms with Crippen molar-refractivity contribution in [2.24, 2.45) is 0 Å². The molecule has 176 valence electrons. The fourth-order valence-corrected chi connectivity index (χ4v) is 4.13. The molecule has 3 aromatic carbocycles. The van der Waals surface area contributed by atoms with E-state index in [1.165, 1.54) is 12.1 Å². The molecular weight excluding hydrogens is 454 g/mol. The molecule has 4 aromatic rings. The van der Waals surface area contributed by atoms with E-state index in [1.807, 2.05) is 12.2 Å². The molecule has 1 aliphatic carbocycles. The molecule has 6 heteroatoms. The maximum absolute atomic E-state index is 15.1. The van der Waals surface area contributed by atoms with Crippen LogP contribution in [0.4, 0.5) is 17.6 Å². The second-order valence-corrected chi connectivity index (χ2v) is 8.46. The molecule has 0 bridgehead atoms. The Bertz CT molecular complexity index is 1470. The number of allylic oxidation sites excluding steroid dienone is 3. The third kappa shape index (κ3) is 4.83. The number of hydrogen-bond acceptors (Lipinski definition) is 2. The summed E-state index contributed by atoms with van der Waals surface area (Å²) >= 11 is 0. The number of aromatic nitrogens is 1. The molecule has 0 spiro atoms. The standard InChI is InChI=1S/C29H21F4NO/c1-18-15-28(34-27-14-10-21(17-25(18)27)29(31,32)33)20-9-13-24(26(30)16-20)19-7-11-23(12-8-19)35-22-5-3-2-4-6-22/h3,5-17H,2,4H2,1H3. The van der Waals surface area contributed by atoms with Crippen molar-refractivity contribution in [1.82, 2.24) is 4.98 Å². The van der Waals surface area contributed by atoms with E-state index in [4.69, 9.17) is 4.74 Å². The van der Waals surface area contributed by atoms with Crippen LogP contribution in [0.2, 0.25) is 0 Å². The average Bonchev–Trinajstić information content (AvgIpc) is 2.84. The molecule has 0 radical (unpaired) electrons. The fraction of sp³-hybridized carbons (Fsp3) is 0.138. The molecule has 0 atom stereocenters. The van der Waals surface area contributed by atoms with Crippen LogP contribution in [0.3, 0.4) is 0 Å². The van der Waals surface area contributed by atoms with E-state index in [-0.39, 0.29) is 0 Å². The number of aryl methyl sites for hydroxylation is 1. The number of alkyl halides is 3. The van der Waals surface area contributed by atoms with E-state index in [2.05, 4.69) is 11.1 Å². The molecule has 35 heavy (non-hydrogen) atoms. The molecule has 0 aliphatic heterocycles. The summed E-state index contributed by atoms with van der Waals surface area (Å²) in [5.41, 5.74) is 2.53. The van der Waals surface area contributed by atoms with Crippen LogP contribution >= 0.6 is 0 Å². The largest absolute Gasteiger partial charge is 0.458 e. The van der Waals surface area contributed by atoms with Gasteiger partial charge in [0.1, 0.15) is 17.3 Å². The lowest BCUT2D eigenvalue weighted by Gasteiger charge is -2.12. The Morgan fingerprint density at radius 2 is 1.63 bits per heavy atom. The number of rotatable bonds is 4. The van der Waals surface area contributed by atoms with Crippen molar-refractivity contribution in [3.8, 4) is 28.1 Å². The lowest BCUT2D eigenvalue weighted by Crippen LogP contribution is -2.04. The monoisotopic (exact) mass is 475 g/mol. The van der Waals surface area contributed by atoms with Gasteiger partial charge in [-0.15, -0.1) is 0 Å². The van der Waals surface area contributed by atoms with Crippen molar-refractivity contribution in [2.75, 3.05) is 0 Å². The van der Waals surface area contributed by atoms with E-state index in [1.54, 1.807) is 49.4 Å². The topological polar surface area (TPSA) is 22.1 Å². The highest BCUT2D eigenvalue weighted by Crippen LogP contribution is 2.34. The number of halogens is 4. The Hall–Kier alpha value is -3.93. The zero-order chi connectivity index (χ0) is 24.6. The highest BCUT2D eigenvalue weighted by molar-refractivity contribution is 5.86. The van der Waals surface area contributed by atoms with E-state index in [0.29, 0.717) is 44.6 Å². The second kappa shape index (κ2) is 9.02. The molecule has 5 rings (SSSR count). The molecule has 2 nitrogen and oxygen atoms in total. The van der Waals surface area contributed by atoms with Crippen LogP contribution in [0.1, 0.15) is 24.0 Å². The van der Waals surface area contributed by atoms with Crippen molar-refractivity contribution in [3.05, 3.63) is 108 Å². The van der Waals surface area contributed by atoms with Crippen LogP contribution in [-0.4, -0.2) is 4.98 Å². The van der Waals surface area contributed by atoms with Gasteiger partial charge in [-0.2, -0.15) is 13.2 Å². The first-order valence-corrected chi connectivity index (χ1v) is 11.2. The number of nitrogens with zero attached hydrogens (tertiary/aromatic N) is 1. The smallest absolute Gasteiger partial charge is 0.416 e. The zero-order valence-corrected chi connectivity index (χ0v) is 18.9. The Morgan fingerprint density at radius 3 is 2.31 bits per heavy atom. The third-order valence-electron chi connectivity index (χ3n) is 5.97. The predicted molar refractivity (Wildman–Crippen MR) is 129 cm³/mol. The summed E-state index contributed by atoms with van der Waals surface area (Å²) in [5, 5.41) is 0.419. The van der Waals surface area contributed by atoms with E-state index >= 15 is 4.39 Å². The predicted octanol–water partition coefficient (Wildman–Crippen LogP) is 8.65. The van der Waals surface area contributed by atoms with E-state index in [0.717, 1.165) is 30.7 Å². The summed E-state index contributed by atoms with van der Waals surface area (Å²) in [6, 6.07) is 17.2. The summed E-state index contributed by atoms with van der Waals surface area (Å²) in [6.45, 7) is 1.72. The molecule has 1 heterocycles. The van der Waals surface area contributed by atoms with Crippen molar-refractivity contribution < 1.29 is 22.3 Å². The minimum Gasteiger partial charge on any atom is -0.458 e. The molecule has 0 unspecified atom stereocenters. The second-order valence-electron chi connectivity index (χ2n) is 8.46. The van der Waals surface area contributed by atoms with E-state index < -0.39 is 17.6 Å². The van der Waals surface area contributed by atoms with Gasteiger partial charge in [0.2, 0.25) is 0 Å². The minimum atomic E-state index is -4.42. The lowest BCUT2D eigenvalue weighted by atomic mass is 9.99. The van der Waals surface area contributed by atoms with Gasteiger partial charge in [0.05, 0.1) is 16.8 Å². The quantitative estimate of drug-likeness (QED) is 0.276. The summed E-state index contributed by atoms with van der Waals surface area (Å²) < 4.78 is 60.1. The first-order chi connectivity index (χ1) is 16.8. The van der Waals surface area contributed by atoms with Gasteiger partial charge in [0, 0.05) is 16.5 Å². The molecule has 1 aromatic heterocycles. The number of ether oxygens (including phenoxy) is 1. The van der Waals surface area contributed by atoms with Gasteiger partial charge < -0.3 is 4.74 Å². The van der Waals surface area contributed by atoms with Gasteiger partial charge in [-0.3, -0.25) is 0 Å². The highest BCUT2D eigenvalue weighted by atomic mass is 19.4. The highest BCUT2D eigenvalue weighted by Gasteiger charge is 2.30. The normalized spacial score (nSPS) is 13.7. The lowest BCUT2D eigenvalue weighted by molar-refractivity contribution is -0.137. The van der Waals surface area contributed by atoms with Gasteiger partial charge in [0.15, 0.2) is 0 Å². The Kier molecular flexibility index (Phi) is 5.89. The maximum Gasteiger partial charge on any atom is 0.416 e. The molecule has 0 N–H and O–H groups in total. The van der Waals surface area contributed by atoms with Crippen LogP contribution in [0.15, 0.2) is 90.7 Å². The Balaban J connectivity index is 1.41. The van der Waals surface area contributed by atoms with Crippen molar-refractivity contribution in [1.29, 1.82) is 0 Å². The first kappa shape index (κ1) is 22.8.